The van der Waals surface area contributed by atoms with Crippen LogP contribution in [0.15, 0.2) is 24.3 Å². The van der Waals surface area contributed by atoms with Gasteiger partial charge in [0, 0.05) is 57.8 Å². The van der Waals surface area contributed by atoms with Crippen LogP contribution < -0.4 is 4.74 Å². The molecule has 1 aliphatic heterocycles. The fourth-order valence-electron chi connectivity index (χ4n) is 3.87. The zero-order chi connectivity index (χ0) is 23.1. The highest BCUT2D eigenvalue weighted by Crippen LogP contribution is 2.21. The van der Waals surface area contributed by atoms with Crippen LogP contribution in [-0.2, 0) is 16.1 Å². The van der Waals surface area contributed by atoms with Gasteiger partial charge in [-0.15, -0.1) is 0 Å². The molecule has 0 radical (unpaired) electrons. The van der Waals surface area contributed by atoms with Gasteiger partial charge in [0.1, 0.15) is 5.75 Å². The second-order valence-corrected chi connectivity index (χ2v) is 8.09. The van der Waals surface area contributed by atoms with Gasteiger partial charge in [-0.3, -0.25) is 24.2 Å². The number of nitrogens with one attached hydrogen (secondary N) is 1. The quantitative estimate of drug-likeness (QED) is 0.576. The molecule has 0 saturated carbocycles. The summed E-state index contributed by atoms with van der Waals surface area (Å²) in [5, 5.41) is 7.16. The van der Waals surface area contributed by atoms with E-state index in [-0.39, 0.29) is 11.8 Å². The molecule has 0 aliphatic carbocycles. The molecule has 1 saturated heterocycles. The fourth-order valence-corrected chi connectivity index (χ4v) is 4.10. The molecule has 1 aliphatic rings. The lowest BCUT2D eigenvalue weighted by Gasteiger charge is -2.35. The van der Waals surface area contributed by atoms with E-state index in [9.17, 15) is 9.59 Å². The number of amides is 2. The summed E-state index contributed by atoms with van der Waals surface area (Å²) >= 11 is 5.38. The third kappa shape index (κ3) is 5.74. The smallest absolute Gasteiger partial charge is 0.236 e. The molecule has 1 N–H and O–H groups in total. The predicted octanol–water partition coefficient (Wildman–Crippen LogP) is 2.02. The number of rotatable bonds is 9. The summed E-state index contributed by atoms with van der Waals surface area (Å²) in [6, 6.07) is 7.57. The van der Waals surface area contributed by atoms with Gasteiger partial charge in [0.05, 0.1) is 13.7 Å². The topological polar surface area (TPSA) is 86.7 Å². The summed E-state index contributed by atoms with van der Waals surface area (Å²) in [5.41, 5.74) is 0.900. The number of H-pyrrole nitrogens is 1. The molecular weight excluding hydrogens is 428 g/mol. The van der Waals surface area contributed by atoms with E-state index in [0.717, 1.165) is 24.4 Å². The Morgan fingerprint density at radius 2 is 1.78 bits per heavy atom. The summed E-state index contributed by atoms with van der Waals surface area (Å²) in [4.78, 5) is 31.0. The summed E-state index contributed by atoms with van der Waals surface area (Å²) in [5.74, 6) is 1.70. The van der Waals surface area contributed by atoms with Crippen LogP contribution in [0, 0.1) is 4.77 Å². The molecule has 2 aromatic rings. The molecule has 10 heteroatoms. The van der Waals surface area contributed by atoms with Crippen LogP contribution in [-0.4, -0.2) is 94.2 Å². The van der Waals surface area contributed by atoms with Crippen molar-refractivity contribution in [3.63, 3.8) is 0 Å². The standard InChI is InChI=1S/C22H32N6O3S/c1-4-26(5-2)20(30)16-25-12-14-27(15-13-25)19(29)10-11-28-21(23-24-22(28)32)17-6-8-18(31-3)9-7-17/h6-9H,4-5,10-16H2,1-3H3,(H,24,32). The summed E-state index contributed by atoms with van der Waals surface area (Å²) in [7, 11) is 1.62. The molecule has 9 nitrogen and oxygen atoms in total. The fraction of sp³-hybridized carbons (Fsp3) is 0.545. The van der Waals surface area contributed by atoms with E-state index in [4.69, 9.17) is 17.0 Å². The second-order valence-electron chi connectivity index (χ2n) is 7.71. The Morgan fingerprint density at radius 3 is 2.38 bits per heavy atom. The van der Waals surface area contributed by atoms with E-state index < -0.39 is 0 Å². The third-order valence-corrected chi connectivity index (χ3v) is 6.17. The second kappa shape index (κ2) is 11.2. The summed E-state index contributed by atoms with van der Waals surface area (Å²) in [6.07, 6.45) is 0.343. The molecular formula is C22H32N6O3S. The van der Waals surface area contributed by atoms with Crippen LogP contribution in [0.2, 0.25) is 0 Å². The first-order valence-corrected chi connectivity index (χ1v) is 11.4. The number of methoxy groups -OCH3 is 1. The predicted molar refractivity (Wildman–Crippen MR) is 125 cm³/mol. The lowest BCUT2D eigenvalue weighted by molar-refractivity contribution is -0.135. The molecule has 1 aromatic heterocycles. The van der Waals surface area contributed by atoms with Gasteiger partial charge in [0.25, 0.3) is 0 Å². The normalized spacial score (nSPS) is 14.4. The van der Waals surface area contributed by atoms with Crippen molar-refractivity contribution in [2.75, 3.05) is 52.9 Å². The van der Waals surface area contributed by atoms with Gasteiger partial charge in [0.15, 0.2) is 10.6 Å². The highest BCUT2D eigenvalue weighted by atomic mass is 32.1. The summed E-state index contributed by atoms with van der Waals surface area (Å²) in [6.45, 7) is 8.98. The van der Waals surface area contributed by atoms with Crippen molar-refractivity contribution < 1.29 is 14.3 Å². The van der Waals surface area contributed by atoms with Gasteiger partial charge in [0.2, 0.25) is 11.8 Å². The number of likely N-dealkylation sites (N-methyl/N-ethyl adjacent to an activating group) is 1. The minimum atomic E-state index is 0.0866. The largest absolute Gasteiger partial charge is 0.497 e. The lowest BCUT2D eigenvalue weighted by atomic mass is 10.2. The molecule has 0 unspecified atom stereocenters. The zero-order valence-corrected chi connectivity index (χ0v) is 19.9. The number of nitrogens with zero attached hydrogens (tertiary/aromatic N) is 5. The van der Waals surface area contributed by atoms with Crippen molar-refractivity contribution in [3.8, 4) is 17.1 Å². The van der Waals surface area contributed by atoms with Crippen LogP contribution in [0.3, 0.4) is 0 Å². The first-order chi connectivity index (χ1) is 15.5. The Morgan fingerprint density at radius 1 is 1.12 bits per heavy atom. The van der Waals surface area contributed by atoms with Gasteiger partial charge in [-0.2, -0.15) is 5.10 Å². The number of hydrogen-bond acceptors (Lipinski definition) is 6. The minimum absolute atomic E-state index is 0.0866. The van der Waals surface area contributed by atoms with Crippen molar-refractivity contribution in [3.05, 3.63) is 29.0 Å². The maximum atomic E-state index is 12.8. The van der Waals surface area contributed by atoms with Crippen LogP contribution >= 0.6 is 12.2 Å². The van der Waals surface area contributed by atoms with Crippen LogP contribution in [0.4, 0.5) is 0 Å². The van der Waals surface area contributed by atoms with E-state index in [1.807, 2.05) is 52.5 Å². The van der Waals surface area contributed by atoms with E-state index in [0.29, 0.717) is 56.3 Å². The van der Waals surface area contributed by atoms with Gasteiger partial charge < -0.3 is 14.5 Å². The molecule has 0 bridgehead atoms. The Bertz CT molecular complexity index is 959. The van der Waals surface area contributed by atoms with Gasteiger partial charge in [-0.25, -0.2) is 0 Å². The molecule has 0 spiro atoms. The maximum absolute atomic E-state index is 12.8. The van der Waals surface area contributed by atoms with E-state index >= 15 is 0 Å². The molecule has 2 amide bonds. The van der Waals surface area contributed by atoms with E-state index in [1.54, 1.807) is 7.11 Å². The monoisotopic (exact) mass is 460 g/mol. The first-order valence-electron chi connectivity index (χ1n) is 11.0. The van der Waals surface area contributed by atoms with Crippen molar-refractivity contribution >= 4 is 24.0 Å². The average molecular weight is 461 g/mol. The number of aromatic amines is 1. The molecule has 32 heavy (non-hydrogen) atoms. The van der Waals surface area contributed by atoms with Crippen LogP contribution in [0.1, 0.15) is 20.3 Å². The average Bonchev–Trinajstić information content (AvgIpc) is 3.19. The Kier molecular flexibility index (Phi) is 8.40. The van der Waals surface area contributed by atoms with E-state index in [2.05, 4.69) is 15.1 Å². The van der Waals surface area contributed by atoms with Crippen molar-refractivity contribution in [2.24, 2.45) is 0 Å². The number of carbonyl (C=O) groups excluding carboxylic acids is 2. The number of piperazine rings is 1. The first kappa shape index (κ1) is 23.9. The van der Waals surface area contributed by atoms with Gasteiger partial charge in [-0.1, -0.05) is 0 Å². The van der Waals surface area contributed by atoms with Crippen LogP contribution in [0.5, 0.6) is 5.75 Å². The highest BCUT2D eigenvalue weighted by Gasteiger charge is 2.23. The number of carbonyl (C=O) groups is 2. The number of benzene rings is 1. The molecule has 1 aromatic carbocycles. The van der Waals surface area contributed by atoms with Gasteiger partial charge >= 0.3 is 0 Å². The molecule has 2 heterocycles. The Balaban J connectivity index is 1.53. The summed E-state index contributed by atoms with van der Waals surface area (Å²) < 4.78 is 7.55. The van der Waals surface area contributed by atoms with Crippen molar-refractivity contribution in [1.82, 2.24) is 29.5 Å². The third-order valence-electron chi connectivity index (χ3n) is 5.86. The lowest BCUT2D eigenvalue weighted by Crippen LogP contribution is -2.51. The van der Waals surface area contributed by atoms with E-state index in [1.165, 1.54) is 0 Å². The number of hydrogen-bond donors (Lipinski definition) is 1. The zero-order valence-electron chi connectivity index (χ0n) is 19.0. The number of ether oxygens (including phenoxy) is 1. The maximum Gasteiger partial charge on any atom is 0.236 e. The molecule has 3 rings (SSSR count). The molecule has 0 atom stereocenters. The molecule has 1 fully saturated rings. The minimum Gasteiger partial charge on any atom is -0.497 e. The van der Waals surface area contributed by atoms with Crippen molar-refractivity contribution in [2.45, 2.75) is 26.8 Å². The van der Waals surface area contributed by atoms with Crippen molar-refractivity contribution in [1.29, 1.82) is 0 Å². The van der Waals surface area contributed by atoms with Crippen LogP contribution in [0.25, 0.3) is 11.4 Å². The Labute approximate surface area is 193 Å². The Hall–Kier alpha value is -2.72. The molecule has 174 valence electrons. The SMILES string of the molecule is CCN(CC)C(=O)CN1CCN(C(=O)CCn2c(-c3ccc(OC)cc3)n[nH]c2=S)CC1. The number of aromatic nitrogens is 3. The van der Waals surface area contributed by atoms with Gasteiger partial charge in [-0.05, 0) is 50.3 Å². The highest BCUT2D eigenvalue weighted by molar-refractivity contribution is 7.71.